The molecule has 1 aromatic heterocycles. The number of benzene rings is 1. The Bertz CT molecular complexity index is 701. The van der Waals surface area contributed by atoms with Gasteiger partial charge in [0.2, 0.25) is 11.6 Å². The van der Waals surface area contributed by atoms with Crippen molar-refractivity contribution in [2.45, 2.75) is 39.2 Å². The van der Waals surface area contributed by atoms with Gasteiger partial charge in [0.05, 0.1) is 6.33 Å². The van der Waals surface area contributed by atoms with E-state index in [-0.39, 0.29) is 11.6 Å². The van der Waals surface area contributed by atoms with Crippen molar-refractivity contribution in [1.82, 2.24) is 9.55 Å². The highest BCUT2D eigenvalue weighted by atomic mass is 16.1. The van der Waals surface area contributed by atoms with Crippen molar-refractivity contribution in [3.05, 3.63) is 53.1 Å². The maximum absolute atomic E-state index is 12.6. The minimum Gasteiger partial charge on any atom is -0.327 e. The first-order valence-electron chi connectivity index (χ1n) is 7.47. The second-order valence-electron chi connectivity index (χ2n) is 5.40. The number of nitrogens with zero attached hydrogens (tertiary/aromatic N) is 2. The molecule has 0 atom stereocenters. The Hall–Kier alpha value is -2.23. The molecule has 108 valence electrons. The van der Waals surface area contributed by atoms with Crippen LogP contribution in [0.1, 0.15) is 64.7 Å². The molecule has 0 radical (unpaired) electrons. The van der Waals surface area contributed by atoms with E-state index in [1.165, 1.54) is 12.8 Å². The van der Waals surface area contributed by atoms with Gasteiger partial charge in [0.25, 0.3) is 0 Å². The van der Waals surface area contributed by atoms with E-state index >= 15 is 0 Å². The van der Waals surface area contributed by atoms with Gasteiger partial charge in [0, 0.05) is 17.7 Å². The van der Waals surface area contributed by atoms with Crippen LogP contribution in [0.4, 0.5) is 0 Å². The lowest BCUT2D eigenvalue weighted by Crippen LogP contribution is -2.23. The second kappa shape index (κ2) is 5.64. The first-order chi connectivity index (χ1) is 10.2. The lowest BCUT2D eigenvalue weighted by atomic mass is 9.90. The van der Waals surface area contributed by atoms with Crippen molar-refractivity contribution in [1.29, 1.82) is 0 Å². The summed E-state index contributed by atoms with van der Waals surface area (Å²) in [4.78, 5) is 29.2. The standard InChI is InChI=1S/C17H18N2O2/c1-2-3-4-7-10-19-11-18-14-15(19)17(21)13-9-6-5-8-12(13)16(14)20/h5-6,8-9,11H,2-4,7,10H2,1H3. The van der Waals surface area contributed by atoms with Crippen LogP contribution in [0.5, 0.6) is 0 Å². The number of ketones is 2. The van der Waals surface area contributed by atoms with Gasteiger partial charge in [-0.05, 0) is 6.42 Å². The van der Waals surface area contributed by atoms with Crippen LogP contribution in [0.25, 0.3) is 0 Å². The number of carbonyl (C=O) groups excluding carboxylic acids is 2. The Morgan fingerprint density at radius 2 is 1.71 bits per heavy atom. The smallest absolute Gasteiger partial charge is 0.214 e. The molecule has 0 unspecified atom stereocenters. The minimum absolute atomic E-state index is 0.0896. The Kier molecular flexibility index (Phi) is 3.69. The van der Waals surface area contributed by atoms with E-state index in [0.29, 0.717) is 22.5 Å². The number of rotatable bonds is 5. The average Bonchev–Trinajstić information content (AvgIpc) is 2.94. The van der Waals surface area contributed by atoms with Gasteiger partial charge < -0.3 is 4.57 Å². The summed E-state index contributed by atoms with van der Waals surface area (Å²) >= 11 is 0. The number of imidazole rings is 1. The number of fused-ring (bicyclic) bond motifs is 2. The Morgan fingerprint density at radius 3 is 2.43 bits per heavy atom. The topological polar surface area (TPSA) is 52.0 Å². The molecule has 1 aromatic carbocycles. The fraction of sp³-hybridized carbons (Fsp3) is 0.353. The number of carbonyl (C=O) groups is 2. The summed E-state index contributed by atoms with van der Waals surface area (Å²) in [6.45, 7) is 2.90. The number of aryl methyl sites for hydroxylation is 1. The van der Waals surface area contributed by atoms with Gasteiger partial charge in [0.15, 0.2) is 0 Å². The summed E-state index contributed by atoms with van der Waals surface area (Å²) in [6.07, 6.45) is 6.11. The molecule has 4 nitrogen and oxygen atoms in total. The molecule has 0 saturated heterocycles. The maximum atomic E-state index is 12.6. The summed E-state index contributed by atoms with van der Waals surface area (Å²) in [7, 11) is 0. The van der Waals surface area contributed by atoms with Crippen LogP contribution in [-0.4, -0.2) is 21.1 Å². The van der Waals surface area contributed by atoms with Gasteiger partial charge in [-0.15, -0.1) is 0 Å². The summed E-state index contributed by atoms with van der Waals surface area (Å²) < 4.78 is 1.83. The van der Waals surface area contributed by atoms with Gasteiger partial charge in [-0.25, -0.2) is 4.98 Å². The van der Waals surface area contributed by atoms with Gasteiger partial charge in [-0.1, -0.05) is 50.5 Å². The van der Waals surface area contributed by atoms with Gasteiger partial charge in [0.1, 0.15) is 11.4 Å². The third-order valence-electron chi connectivity index (χ3n) is 3.94. The van der Waals surface area contributed by atoms with Crippen LogP contribution < -0.4 is 0 Å². The molecule has 0 fully saturated rings. The largest absolute Gasteiger partial charge is 0.327 e. The molecule has 1 aliphatic carbocycles. The number of hydrogen-bond donors (Lipinski definition) is 0. The fourth-order valence-corrected chi connectivity index (χ4v) is 2.80. The molecule has 1 heterocycles. The lowest BCUT2D eigenvalue weighted by Gasteiger charge is -2.15. The first-order valence-corrected chi connectivity index (χ1v) is 7.47. The van der Waals surface area contributed by atoms with E-state index in [1.807, 2.05) is 4.57 Å². The normalized spacial score (nSPS) is 13.2. The van der Waals surface area contributed by atoms with Crippen molar-refractivity contribution in [2.24, 2.45) is 0 Å². The van der Waals surface area contributed by atoms with Crippen LogP contribution in [0.2, 0.25) is 0 Å². The van der Waals surface area contributed by atoms with Gasteiger partial charge in [-0.3, -0.25) is 9.59 Å². The van der Waals surface area contributed by atoms with Crippen LogP contribution in [0.3, 0.4) is 0 Å². The molecule has 0 saturated carbocycles. The summed E-state index contributed by atoms with van der Waals surface area (Å²) in [5, 5.41) is 0. The number of aromatic nitrogens is 2. The zero-order valence-corrected chi connectivity index (χ0v) is 12.1. The van der Waals surface area contributed by atoms with E-state index in [9.17, 15) is 9.59 Å². The van der Waals surface area contributed by atoms with Crippen LogP contribution in [-0.2, 0) is 6.54 Å². The zero-order valence-electron chi connectivity index (χ0n) is 12.1. The first kappa shape index (κ1) is 13.7. The summed E-state index contributed by atoms with van der Waals surface area (Å²) in [5.41, 5.74) is 1.71. The second-order valence-corrected chi connectivity index (χ2v) is 5.40. The fourth-order valence-electron chi connectivity index (χ4n) is 2.80. The van der Waals surface area contributed by atoms with Crippen LogP contribution >= 0.6 is 0 Å². The van der Waals surface area contributed by atoms with Crippen LogP contribution in [0.15, 0.2) is 30.6 Å². The predicted octanol–water partition coefficient (Wildman–Crippen LogP) is 3.24. The zero-order chi connectivity index (χ0) is 14.8. The third kappa shape index (κ3) is 2.31. The molecule has 0 spiro atoms. The Morgan fingerprint density at radius 1 is 1.00 bits per heavy atom. The maximum Gasteiger partial charge on any atom is 0.214 e. The van der Waals surface area contributed by atoms with Crippen molar-refractivity contribution in [3.63, 3.8) is 0 Å². The molecular weight excluding hydrogens is 264 g/mol. The van der Waals surface area contributed by atoms with E-state index in [4.69, 9.17) is 0 Å². The molecule has 1 aliphatic rings. The summed E-state index contributed by atoms with van der Waals surface area (Å²) in [5.74, 6) is -0.235. The Balaban J connectivity index is 1.92. The number of unbranched alkanes of at least 4 members (excludes halogenated alkanes) is 3. The third-order valence-corrected chi connectivity index (χ3v) is 3.94. The van der Waals surface area contributed by atoms with Gasteiger partial charge >= 0.3 is 0 Å². The van der Waals surface area contributed by atoms with Crippen molar-refractivity contribution < 1.29 is 9.59 Å². The van der Waals surface area contributed by atoms with E-state index in [2.05, 4.69) is 11.9 Å². The number of hydrogen-bond acceptors (Lipinski definition) is 3. The summed E-state index contributed by atoms with van der Waals surface area (Å²) in [6, 6.07) is 6.97. The molecule has 4 heteroatoms. The molecular formula is C17H18N2O2. The van der Waals surface area contributed by atoms with Crippen molar-refractivity contribution in [2.75, 3.05) is 0 Å². The molecule has 21 heavy (non-hydrogen) atoms. The van der Waals surface area contributed by atoms with E-state index in [0.717, 1.165) is 19.4 Å². The van der Waals surface area contributed by atoms with Gasteiger partial charge in [-0.2, -0.15) is 0 Å². The lowest BCUT2D eigenvalue weighted by molar-refractivity contribution is 0.0971. The quantitative estimate of drug-likeness (QED) is 0.675. The van der Waals surface area contributed by atoms with Crippen LogP contribution in [0, 0.1) is 0 Å². The van der Waals surface area contributed by atoms with E-state index in [1.54, 1.807) is 30.6 Å². The molecule has 0 amide bonds. The SMILES string of the molecule is CCCCCCn1cnc2c1C(=O)c1ccccc1C2=O. The minimum atomic E-state index is -0.146. The molecule has 3 rings (SSSR count). The highest BCUT2D eigenvalue weighted by Crippen LogP contribution is 2.26. The monoisotopic (exact) mass is 282 g/mol. The highest BCUT2D eigenvalue weighted by molar-refractivity contribution is 6.27. The molecule has 0 aliphatic heterocycles. The predicted molar refractivity (Wildman–Crippen MR) is 79.7 cm³/mol. The average molecular weight is 282 g/mol. The van der Waals surface area contributed by atoms with Crippen molar-refractivity contribution in [3.8, 4) is 0 Å². The highest BCUT2D eigenvalue weighted by Gasteiger charge is 2.33. The molecule has 0 N–H and O–H groups in total. The Labute approximate surface area is 123 Å². The van der Waals surface area contributed by atoms with Crippen molar-refractivity contribution >= 4 is 11.6 Å². The molecule has 2 aromatic rings. The van der Waals surface area contributed by atoms with E-state index < -0.39 is 0 Å². The molecule has 0 bridgehead atoms.